The van der Waals surface area contributed by atoms with Gasteiger partial charge >= 0.3 is 0 Å². The predicted octanol–water partition coefficient (Wildman–Crippen LogP) is 2.33. The molecular formula is C13H21NO3. The highest BCUT2D eigenvalue weighted by Crippen LogP contribution is 2.24. The van der Waals surface area contributed by atoms with E-state index in [9.17, 15) is 5.11 Å². The standard InChI is InChI=1S/C13H21NO3/c1-4-6-12(16-3)13(15)10-7-11(17-5-2)9-14-8-10/h7-9,12-13,15H,4-6H2,1-3H3. The van der Waals surface area contributed by atoms with Crippen molar-refractivity contribution in [2.45, 2.75) is 38.9 Å². The molecule has 1 rings (SSSR count). The van der Waals surface area contributed by atoms with E-state index in [0.29, 0.717) is 12.4 Å². The molecule has 96 valence electrons. The third kappa shape index (κ3) is 3.98. The molecule has 1 N–H and O–H groups in total. The van der Waals surface area contributed by atoms with Gasteiger partial charge in [-0.3, -0.25) is 4.98 Å². The molecule has 0 saturated heterocycles. The van der Waals surface area contributed by atoms with E-state index in [1.54, 1.807) is 19.5 Å². The Balaban J connectivity index is 2.79. The molecule has 0 fully saturated rings. The molecule has 1 aromatic rings. The second-order valence-electron chi connectivity index (χ2n) is 3.89. The molecule has 0 radical (unpaired) electrons. The number of aromatic nitrogens is 1. The Hall–Kier alpha value is -1.13. The van der Waals surface area contributed by atoms with E-state index in [1.165, 1.54) is 0 Å². The first-order valence-corrected chi connectivity index (χ1v) is 6.01. The van der Waals surface area contributed by atoms with Gasteiger partial charge in [-0.05, 0) is 19.4 Å². The molecular weight excluding hydrogens is 218 g/mol. The minimum absolute atomic E-state index is 0.196. The Labute approximate surface area is 103 Å². The van der Waals surface area contributed by atoms with Crippen LogP contribution in [0.2, 0.25) is 0 Å². The SMILES string of the molecule is CCCC(OC)C(O)c1cncc(OCC)c1. The first-order valence-electron chi connectivity index (χ1n) is 6.01. The maximum atomic E-state index is 10.2. The number of hydrogen-bond acceptors (Lipinski definition) is 4. The summed E-state index contributed by atoms with van der Waals surface area (Å²) in [6, 6.07) is 1.81. The topological polar surface area (TPSA) is 51.6 Å². The third-order valence-corrected chi connectivity index (χ3v) is 2.61. The average Bonchev–Trinajstić information content (AvgIpc) is 2.36. The van der Waals surface area contributed by atoms with E-state index in [0.717, 1.165) is 18.4 Å². The van der Waals surface area contributed by atoms with Crippen LogP contribution in [0.3, 0.4) is 0 Å². The zero-order chi connectivity index (χ0) is 12.7. The van der Waals surface area contributed by atoms with E-state index in [2.05, 4.69) is 11.9 Å². The molecule has 4 nitrogen and oxygen atoms in total. The van der Waals surface area contributed by atoms with Gasteiger partial charge in [0.1, 0.15) is 11.9 Å². The van der Waals surface area contributed by atoms with Gasteiger partial charge in [-0.1, -0.05) is 13.3 Å². The molecule has 0 bridgehead atoms. The monoisotopic (exact) mass is 239 g/mol. The zero-order valence-electron chi connectivity index (χ0n) is 10.7. The van der Waals surface area contributed by atoms with Crippen molar-refractivity contribution in [3.63, 3.8) is 0 Å². The summed E-state index contributed by atoms with van der Waals surface area (Å²) < 4.78 is 10.6. The largest absolute Gasteiger partial charge is 0.492 e. The summed E-state index contributed by atoms with van der Waals surface area (Å²) >= 11 is 0. The number of nitrogens with zero attached hydrogens (tertiary/aromatic N) is 1. The molecule has 0 saturated carbocycles. The number of aliphatic hydroxyl groups is 1. The van der Waals surface area contributed by atoms with Crippen LogP contribution in [0.15, 0.2) is 18.5 Å². The van der Waals surface area contributed by atoms with E-state index >= 15 is 0 Å². The summed E-state index contributed by atoms with van der Waals surface area (Å²) in [6.45, 7) is 4.57. The van der Waals surface area contributed by atoms with E-state index < -0.39 is 6.10 Å². The highest BCUT2D eigenvalue weighted by Gasteiger charge is 2.20. The minimum Gasteiger partial charge on any atom is -0.492 e. The second-order valence-corrected chi connectivity index (χ2v) is 3.89. The second kappa shape index (κ2) is 7.25. The number of pyridine rings is 1. The maximum Gasteiger partial charge on any atom is 0.137 e. The first-order chi connectivity index (χ1) is 8.22. The van der Waals surface area contributed by atoms with Crippen molar-refractivity contribution in [3.8, 4) is 5.75 Å². The minimum atomic E-state index is -0.659. The quantitative estimate of drug-likeness (QED) is 0.793. The lowest BCUT2D eigenvalue weighted by atomic mass is 10.0. The molecule has 1 aromatic heterocycles. The van der Waals surface area contributed by atoms with Crippen LogP contribution in [-0.4, -0.2) is 29.9 Å². The van der Waals surface area contributed by atoms with Crippen LogP contribution >= 0.6 is 0 Å². The van der Waals surface area contributed by atoms with Gasteiger partial charge in [0, 0.05) is 18.9 Å². The maximum absolute atomic E-state index is 10.2. The number of aliphatic hydroxyl groups excluding tert-OH is 1. The fraction of sp³-hybridized carbons (Fsp3) is 0.615. The van der Waals surface area contributed by atoms with Crippen molar-refractivity contribution in [3.05, 3.63) is 24.0 Å². The van der Waals surface area contributed by atoms with Crippen molar-refractivity contribution < 1.29 is 14.6 Å². The Kier molecular flexibility index (Phi) is 5.94. The highest BCUT2D eigenvalue weighted by atomic mass is 16.5. The Morgan fingerprint density at radius 1 is 1.35 bits per heavy atom. The summed E-state index contributed by atoms with van der Waals surface area (Å²) in [4.78, 5) is 4.06. The number of rotatable bonds is 7. The van der Waals surface area contributed by atoms with Crippen LogP contribution in [-0.2, 0) is 4.74 Å². The van der Waals surface area contributed by atoms with Crippen molar-refractivity contribution in [2.24, 2.45) is 0 Å². The molecule has 0 aliphatic carbocycles. The van der Waals surface area contributed by atoms with Crippen LogP contribution in [0.25, 0.3) is 0 Å². The molecule has 2 unspecified atom stereocenters. The van der Waals surface area contributed by atoms with Gasteiger partial charge in [-0.2, -0.15) is 0 Å². The first kappa shape index (κ1) is 13.9. The summed E-state index contributed by atoms with van der Waals surface area (Å²) in [5.41, 5.74) is 0.733. The van der Waals surface area contributed by atoms with Gasteiger partial charge in [-0.25, -0.2) is 0 Å². The van der Waals surface area contributed by atoms with E-state index in [-0.39, 0.29) is 6.10 Å². The normalized spacial score (nSPS) is 14.4. The summed E-state index contributed by atoms with van der Waals surface area (Å²) in [6.07, 6.45) is 4.22. The van der Waals surface area contributed by atoms with Crippen molar-refractivity contribution in [1.29, 1.82) is 0 Å². The van der Waals surface area contributed by atoms with Crippen molar-refractivity contribution in [1.82, 2.24) is 4.98 Å². The number of ether oxygens (including phenoxy) is 2. The Morgan fingerprint density at radius 3 is 2.71 bits per heavy atom. The number of methoxy groups -OCH3 is 1. The summed E-state index contributed by atoms with van der Waals surface area (Å²) in [5, 5.41) is 10.2. The van der Waals surface area contributed by atoms with Crippen LogP contribution < -0.4 is 4.74 Å². The average molecular weight is 239 g/mol. The lowest BCUT2D eigenvalue weighted by Crippen LogP contribution is -2.20. The fourth-order valence-corrected chi connectivity index (χ4v) is 1.75. The summed E-state index contributed by atoms with van der Waals surface area (Å²) in [7, 11) is 1.61. The van der Waals surface area contributed by atoms with Gasteiger partial charge in [0.2, 0.25) is 0 Å². The third-order valence-electron chi connectivity index (χ3n) is 2.61. The van der Waals surface area contributed by atoms with Crippen LogP contribution in [0.1, 0.15) is 38.4 Å². The molecule has 0 aliphatic heterocycles. The van der Waals surface area contributed by atoms with Gasteiger partial charge in [0.25, 0.3) is 0 Å². The molecule has 17 heavy (non-hydrogen) atoms. The lowest BCUT2D eigenvalue weighted by Gasteiger charge is -2.21. The van der Waals surface area contributed by atoms with Crippen LogP contribution in [0, 0.1) is 0 Å². The fourth-order valence-electron chi connectivity index (χ4n) is 1.75. The van der Waals surface area contributed by atoms with E-state index in [1.807, 2.05) is 13.0 Å². The van der Waals surface area contributed by atoms with E-state index in [4.69, 9.17) is 9.47 Å². The smallest absolute Gasteiger partial charge is 0.137 e. The molecule has 0 aromatic carbocycles. The van der Waals surface area contributed by atoms with Gasteiger partial charge in [0.15, 0.2) is 0 Å². The Morgan fingerprint density at radius 2 is 2.12 bits per heavy atom. The van der Waals surface area contributed by atoms with Gasteiger partial charge in [0.05, 0.1) is 18.9 Å². The van der Waals surface area contributed by atoms with Crippen LogP contribution in [0.5, 0.6) is 5.75 Å². The summed E-state index contributed by atoms with van der Waals surface area (Å²) in [5.74, 6) is 0.676. The molecule has 2 atom stereocenters. The lowest BCUT2D eigenvalue weighted by molar-refractivity contribution is -0.0182. The highest BCUT2D eigenvalue weighted by molar-refractivity contribution is 5.25. The van der Waals surface area contributed by atoms with Crippen molar-refractivity contribution >= 4 is 0 Å². The van der Waals surface area contributed by atoms with Crippen molar-refractivity contribution in [2.75, 3.05) is 13.7 Å². The molecule has 0 aliphatic rings. The molecule has 0 spiro atoms. The Bertz CT molecular complexity index is 330. The molecule has 0 amide bonds. The van der Waals surface area contributed by atoms with Gasteiger partial charge < -0.3 is 14.6 Å². The van der Waals surface area contributed by atoms with Crippen LogP contribution in [0.4, 0.5) is 0 Å². The molecule has 4 heteroatoms. The molecule has 1 heterocycles. The number of hydrogen-bond donors (Lipinski definition) is 1. The zero-order valence-corrected chi connectivity index (χ0v) is 10.7. The predicted molar refractivity (Wildman–Crippen MR) is 66.1 cm³/mol. The van der Waals surface area contributed by atoms with Gasteiger partial charge in [-0.15, -0.1) is 0 Å².